The van der Waals surface area contributed by atoms with Crippen molar-refractivity contribution >= 4 is 5.97 Å². The third-order valence-corrected chi connectivity index (χ3v) is 2.84. The first-order chi connectivity index (χ1) is 6.11. The molecule has 0 aromatic carbocycles. The van der Waals surface area contributed by atoms with Gasteiger partial charge < -0.3 is 5.11 Å². The van der Waals surface area contributed by atoms with Gasteiger partial charge in [0.05, 0.1) is 5.92 Å². The molecule has 0 bridgehead atoms. The molecule has 74 valence electrons. The molecule has 0 heterocycles. The summed E-state index contributed by atoms with van der Waals surface area (Å²) in [5, 5.41) is 8.99. The Hall–Kier alpha value is -0.790. The second-order valence-corrected chi connectivity index (χ2v) is 4.15. The first-order valence-electron chi connectivity index (χ1n) is 4.98. The van der Waals surface area contributed by atoms with Crippen LogP contribution in [0.4, 0.5) is 0 Å². The van der Waals surface area contributed by atoms with Gasteiger partial charge in [0.25, 0.3) is 0 Å². The molecule has 1 fully saturated rings. The zero-order valence-corrected chi connectivity index (χ0v) is 8.25. The summed E-state index contributed by atoms with van der Waals surface area (Å²) in [6.45, 7) is 5.83. The molecule has 2 unspecified atom stereocenters. The van der Waals surface area contributed by atoms with Gasteiger partial charge in [-0.05, 0) is 32.1 Å². The maximum absolute atomic E-state index is 10.9. The number of aliphatic carboxylic acids is 1. The number of hydrogen-bond donors (Lipinski definition) is 1. The van der Waals surface area contributed by atoms with E-state index in [4.69, 9.17) is 5.11 Å². The zero-order valence-electron chi connectivity index (χ0n) is 8.25. The Bertz CT molecular complexity index is 208. The van der Waals surface area contributed by atoms with Gasteiger partial charge >= 0.3 is 5.97 Å². The van der Waals surface area contributed by atoms with Crippen LogP contribution in [0.3, 0.4) is 0 Å². The van der Waals surface area contributed by atoms with Gasteiger partial charge in [-0.25, -0.2) is 0 Å². The van der Waals surface area contributed by atoms with Crippen LogP contribution in [0.15, 0.2) is 12.2 Å². The maximum Gasteiger partial charge on any atom is 0.306 e. The van der Waals surface area contributed by atoms with Gasteiger partial charge in [-0.3, -0.25) is 4.79 Å². The average molecular weight is 182 g/mol. The van der Waals surface area contributed by atoms with E-state index in [1.807, 2.05) is 6.92 Å². The largest absolute Gasteiger partial charge is 0.481 e. The molecule has 1 N–H and O–H groups in total. The van der Waals surface area contributed by atoms with E-state index in [-0.39, 0.29) is 5.92 Å². The van der Waals surface area contributed by atoms with Gasteiger partial charge in [-0.15, -0.1) is 6.58 Å². The lowest BCUT2D eigenvalue weighted by molar-refractivity contribution is -0.144. The molecule has 2 atom stereocenters. The number of carbonyl (C=O) groups is 1. The SMILES string of the molecule is C=C(C)CC1CCCCC1C(=O)O. The second-order valence-electron chi connectivity index (χ2n) is 4.15. The fourth-order valence-corrected chi connectivity index (χ4v) is 2.22. The molecule has 0 radical (unpaired) electrons. The first kappa shape index (κ1) is 10.3. The second kappa shape index (κ2) is 4.45. The van der Waals surface area contributed by atoms with Crippen molar-refractivity contribution in [2.24, 2.45) is 11.8 Å². The van der Waals surface area contributed by atoms with Crippen LogP contribution >= 0.6 is 0 Å². The Morgan fingerprint density at radius 1 is 1.46 bits per heavy atom. The molecular weight excluding hydrogens is 164 g/mol. The minimum absolute atomic E-state index is 0.120. The molecule has 0 amide bonds. The Labute approximate surface area is 79.6 Å². The van der Waals surface area contributed by atoms with Gasteiger partial charge in [-0.2, -0.15) is 0 Å². The molecule has 1 aliphatic rings. The highest BCUT2D eigenvalue weighted by Crippen LogP contribution is 2.33. The van der Waals surface area contributed by atoms with E-state index in [9.17, 15) is 4.79 Å². The smallest absolute Gasteiger partial charge is 0.306 e. The number of hydrogen-bond acceptors (Lipinski definition) is 1. The van der Waals surface area contributed by atoms with Crippen LogP contribution in [0, 0.1) is 11.8 Å². The summed E-state index contributed by atoms with van der Waals surface area (Å²) in [4.78, 5) is 10.9. The summed E-state index contributed by atoms with van der Waals surface area (Å²) in [6, 6.07) is 0. The van der Waals surface area contributed by atoms with Crippen molar-refractivity contribution in [2.45, 2.75) is 39.0 Å². The predicted molar refractivity (Wildman–Crippen MR) is 52.5 cm³/mol. The highest BCUT2D eigenvalue weighted by atomic mass is 16.4. The highest BCUT2D eigenvalue weighted by molar-refractivity contribution is 5.70. The fourth-order valence-electron chi connectivity index (χ4n) is 2.22. The molecule has 1 rings (SSSR count). The summed E-state index contributed by atoms with van der Waals surface area (Å²) >= 11 is 0. The molecule has 0 saturated heterocycles. The quantitative estimate of drug-likeness (QED) is 0.681. The molecule has 0 aromatic rings. The van der Waals surface area contributed by atoms with Crippen molar-refractivity contribution in [2.75, 3.05) is 0 Å². The van der Waals surface area contributed by atoms with Crippen molar-refractivity contribution in [3.05, 3.63) is 12.2 Å². The van der Waals surface area contributed by atoms with Crippen molar-refractivity contribution in [3.8, 4) is 0 Å². The van der Waals surface area contributed by atoms with Gasteiger partial charge in [0.15, 0.2) is 0 Å². The standard InChI is InChI=1S/C11H18O2/c1-8(2)7-9-5-3-4-6-10(9)11(12)13/h9-10H,1,3-7H2,2H3,(H,12,13). The Balaban J connectivity index is 2.56. The minimum atomic E-state index is -0.619. The number of allylic oxidation sites excluding steroid dienone is 1. The molecule has 0 aromatic heterocycles. The van der Waals surface area contributed by atoms with Crippen LogP contribution in [0.5, 0.6) is 0 Å². The maximum atomic E-state index is 10.9. The van der Waals surface area contributed by atoms with Crippen molar-refractivity contribution < 1.29 is 9.90 Å². The molecule has 13 heavy (non-hydrogen) atoms. The zero-order chi connectivity index (χ0) is 9.84. The van der Waals surface area contributed by atoms with Gasteiger partial charge in [0.2, 0.25) is 0 Å². The number of carboxylic acids is 1. The van der Waals surface area contributed by atoms with E-state index in [2.05, 4.69) is 6.58 Å². The van der Waals surface area contributed by atoms with E-state index in [0.29, 0.717) is 5.92 Å². The highest BCUT2D eigenvalue weighted by Gasteiger charge is 2.30. The van der Waals surface area contributed by atoms with Gasteiger partial charge in [-0.1, -0.05) is 18.4 Å². The molecular formula is C11H18O2. The summed E-state index contributed by atoms with van der Waals surface area (Å²) in [7, 11) is 0. The van der Waals surface area contributed by atoms with Crippen LogP contribution in [-0.2, 0) is 4.79 Å². The molecule has 0 spiro atoms. The Kier molecular flexibility index (Phi) is 3.52. The lowest BCUT2D eigenvalue weighted by atomic mass is 9.76. The molecule has 0 aliphatic heterocycles. The van der Waals surface area contributed by atoms with Gasteiger partial charge in [0, 0.05) is 0 Å². The van der Waals surface area contributed by atoms with Crippen LogP contribution in [0.2, 0.25) is 0 Å². The summed E-state index contributed by atoms with van der Waals surface area (Å²) in [5.41, 5.74) is 1.11. The molecule has 1 aliphatic carbocycles. The predicted octanol–water partition coefficient (Wildman–Crippen LogP) is 2.84. The van der Waals surface area contributed by atoms with Gasteiger partial charge in [0.1, 0.15) is 0 Å². The summed E-state index contributed by atoms with van der Waals surface area (Å²) in [5.74, 6) is -0.403. The van der Waals surface area contributed by atoms with Crippen molar-refractivity contribution in [1.29, 1.82) is 0 Å². The normalized spacial score (nSPS) is 28.4. The fraction of sp³-hybridized carbons (Fsp3) is 0.727. The lowest BCUT2D eigenvalue weighted by Gasteiger charge is -2.28. The third-order valence-electron chi connectivity index (χ3n) is 2.84. The van der Waals surface area contributed by atoms with E-state index >= 15 is 0 Å². The average Bonchev–Trinajstić information content (AvgIpc) is 2.03. The van der Waals surface area contributed by atoms with E-state index in [0.717, 1.165) is 31.3 Å². The topological polar surface area (TPSA) is 37.3 Å². The Morgan fingerprint density at radius 3 is 2.62 bits per heavy atom. The van der Waals surface area contributed by atoms with Crippen LogP contribution in [0.1, 0.15) is 39.0 Å². The summed E-state index contributed by atoms with van der Waals surface area (Å²) in [6.07, 6.45) is 5.06. The van der Waals surface area contributed by atoms with Crippen LogP contribution in [-0.4, -0.2) is 11.1 Å². The van der Waals surface area contributed by atoms with E-state index in [1.54, 1.807) is 0 Å². The molecule has 2 heteroatoms. The number of carboxylic acid groups (broad SMARTS) is 1. The van der Waals surface area contributed by atoms with Crippen molar-refractivity contribution in [3.63, 3.8) is 0 Å². The molecule has 1 saturated carbocycles. The third kappa shape index (κ3) is 2.87. The Morgan fingerprint density at radius 2 is 2.08 bits per heavy atom. The summed E-state index contributed by atoms with van der Waals surface area (Å²) < 4.78 is 0. The van der Waals surface area contributed by atoms with E-state index < -0.39 is 5.97 Å². The monoisotopic (exact) mass is 182 g/mol. The van der Waals surface area contributed by atoms with Crippen molar-refractivity contribution in [1.82, 2.24) is 0 Å². The van der Waals surface area contributed by atoms with Crippen LogP contribution < -0.4 is 0 Å². The minimum Gasteiger partial charge on any atom is -0.481 e. The van der Waals surface area contributed by atoms with E-state index in [1.165, 1.54) is 6.42 Å². The molecule has 2 nitrogen and oxygen atoms in total. The lowest BCUT2D eigenvalue weighted by Crippen LogP contribution is -2.27. The first-order valence-corrected chi connectivity index (χ1v) is 4.98. The van der Waals surface area contributed by atoms with Crippen LogP contribution in [0.25, 0.3) is 0 Å². The number of rotatable bonds is 3.